The summed E-state index contributed by atoms with van der Waals surface area (Å²) in [6.07, 6.45) is 3.21. The Morgan fingerprint density at radius 2 is 1.80 bits per heavy atom. The van der Waals surface area contributed by atoms with Crippen molar-refractivity contribution in [2.45, 2.75) is 129 Å². The van der Waals surface area contributed by atoms with Gasteiger partial charge in [0.2, 0.25) is 11.8 Å². The number of nitrogens with two attached hydrogens (primary N) is 2. The molecule has 274 valence electrons. The Hall–Kier alpha value is -3.59. The number of esters is 2. The number of hydrogen-bond acceptors (Lipinski definition) is 10. The van der Waals surface area contributed by atoms with Crippen molar-refractivity contribution in [1.82, 2.24) is 14.8 Å². The van der Waals surface area contributed by atoms with Gasteiger partial charge in [0, 0.05) is 30.2 Å². The van der Waals surface area contributed by atoms with Crippen LogP contribution in [0.1, 0.15) is 79.2 Å². The number of ether oxygens (including phenoxy) is 3. The van der Waals surface area contributed by atoms with E-state index in [9.17, 15) is 28.7 Å². The predicted molar refractivity (Wildman–Crippen MR) is 182 cm³/mol. The van der Waals surface area contributed by atoms with Crippen LogP contribution in [0.15, 0.2) is 24.4 Å². The predicted octanol–water partition coefficient (Wildman–Crippen LogP) is 2.31. The Labute approximate surface area is 287 Å². The van der Waals surface area contributed by atoms with Gasteiger partial charge in [-0.1, -0.05) is 12.8 Å². The molecule has 49 heavy (non-hydrogen) atoms. The third kappa shape index (κ3) is 11.5. The van der Waals surface area contributed by atoms with Crippen molar-refractivity contribution < 1.29 is 42.9 Å². The molecule has 0 radical (unpaired) electrons. The number of nitrogens with zero attached hydrogens (tertiary/aromatic N) is 2. The minimum Gasteiger partial charge on any atom is -0.461 e. The molecule has 2 heterocycles. The van der Waals surface area contributed by atoms with Crippen molar-refractivity contribution in [1.29, 1.82) is 0 Å². The molecule has 14 heteroatoms. The Kier molecular flexibility index (Phi) is 14.5. The number of aryl methyl sites for hydroxylation is 1. The van der Waals surface area contributed by atoms with Crippen LogP contribution in [0.5, 0.6) is 0 Å². The van der Waals surface area contributed by atoms with E-state index in [0.717, 1.165) is 31.2 Å². The zero-order valence-electron chi connectivity index (χ0n) is 29.6. The number of nitrogens with one attached hydrogen (secondary N) is 1. The Morgan fingerprint density at radius 3 is 2.43 bits per heavy atom. The molecule has 0 bridgehead atoms. The van der Waals surface area contributed by atoms with Gasteiger partial charge in [0.15, 0.2) is 6.04 Å². The first-order valence-corrected chi connectivity index (χ1v) is 17.1. The van der Waals surface area contributed by atoms with E-state index in [0.29, 0.717) is 24.0 Å². The summed E-state index contributed by atoms with van der Waals surface area (Å²) in [5, 5.41) is 13.5. The largest absolute Gasteiger partial charge is 0.461 e. The second kappa shape index (κ2) is 17.9. The summed E-state index contributed by atoms with van der Waals surface area (Å²) in [5.74, 6) is -3.27. The van der Waals surface area contributed by atoms with Gasteiger partial charge in [-0.25, -0.2) is 14.0 Å². The first kappa shape index (κ1) is 39.8. The molecule has 0 saturated carbocycles. The van der Waals surface area contributed by atoms with Crippen LogP contribution in [-0.4, -0.2) is 100 Å². The highest BCUT2D eigenvalue weighted by atomic mass is 19.1. The molecule has 0 aliphatic carbocycles. The first-order chi connectivity index (χ1) is 23.0. The maximum atomic E-state index is 14.4. The van der Waals surface area contributed by atoms with Crippen LogP contribution in [0, 0.1) is 5.82 Å². The lowest BCUT2D eigenvalue weighted by Gasteiger charge is -2.31. The number of fused-ring (bicyclic) bond motifs is 1. The van der Waals surface area contributed by atoms with Gasteiger partial charge in [-0.2, -0.15) is 0 Å². The number of aliphatic hydroxyl groups excluding tert-OH is 1. The molecule has 3 rings (SSSR count). The summed E-state index contributed by atoms with van der Waals surface area (Å²) in [6.45, 7) is 10.6. The Bertz CT molecular complexity index is 1440. The van der Waals surface area contributed by atoms with Gasteiger partial charge in [0.1, 0.15) is 24.1 Å². The van der Waals surface area contributed by atoms with Gasteiger partial charge in [-0.3, -0.25) is 9.59 Å². The van der Waals surface area contributed by atoms with Gasteiger partial charge in [0.25, 0.3) is 0 Å². The van der Waals surface area contributed by atoms with E-state index in [-0.39, 0.29) is 19.4 Å². The van der Waals surface area contributed by atoms with E-state index < -0.39 is 78.2 Å². The van der Waals surface area contributed by atoms with Crippen molar-refractivity contribution in [2.24, 2.45) is 11.5 Å². The van der Waals surface area contributed by atoms with Crippen LogP contribution in [0.25, 0.3) is 10.9 Å². The second-order valence-corrected chi connectivity index (χ2v) is 13.9. The van der Waals surface area contributed by atoms with Gasteiger partial charge in [0.05, 0.1) is 24.4 Å². The molecule has 5 atom stereocenters. The molecule has 1 aromatic heterocycles. The van der Waals surface area contributed by atoms with Gasteiger partial charge < -0.3 is 45.6 Å². The normalized spacial score (nSPS) is 18.4. The molecule has 6 N–H and O–H groups in total. The first-order valence-electron chi connectivity index (χ1n) is 17.1. The lowest BCUT2D eigenvalue weighted by molar-refractivity contribution is -0.164. The number of benzene rings is 1. The Balaban J connectivity index is 1.85. The average Bonchev–Trinajstić information content (AvgIpc) is 3.57. The summed E-state index contributed by atoms with van der Waals surface area (Å²) >= 11 is 0. The quantitative estimate of drug-likeness (QED) is 0.142. The molecular weight excluding hydrogens is 637 g/mol. The second-order valence-electron chi connectivity index (χ2n) is 13.9. The van der Waals surface area contributed by atoms with E-state index in [2.05, 4.69) is 5.32 Å². The Morgan fingerprint density at radius 1 is 1.10 bits per heavy atom. The molecule has 1 aromatic carbocycles. The van der Waals surface area contributed by atoms with Crippen LogP contribution >= 0.6 is 0 Å². The molecule has 1 aliphatic rings. The number of halogens is 1. The lowest BCUT2D eigenvalue weighted by Crippen LogP contribution is -2.59. The third-order valence-corrected chi connectivity index (χ3v) is 8.15. The number of aromatic nitrogens is 1. The molecule has 0 unspecified atom stereocenters. The number of aliphatic hydroxyl groups is 1. The van der Waals surface area contributed by atoms with Crippen molar-refractivity contribution in [3.63, 3.8) is 0 Å². The topological polar surface area (TPSA) is 188 Å². The monoisotopic (exact) mass is 691 g/mol. The zero-order valence-corrected chi connectivity index (χ0v) is 29.6. The number of rotatable bonds is 17. The number of carbonyl (C=O) groups excluding carboxylic acids is 4. The summed E-state index contributed by atoms with van der Waals surface area (Å²) in [5.41, 5.74) is 12.9. The van der Waals surface area contributed by atoms with Crippen molar-refractivity contribution in [3.05, 3.63) is 35.8 Å². The van der Waals surface area contributed by atoms with Crippen molar-refractivity contribution in [3.8, 4) is 0 Å². The maximum absolute atomic E-state index is 14.4. The van der Waals surface area contributed by atoms with Crippen LogP contribution in [0.2, 0.25) is 0 Å². The number of likely N-dealkylation sites (tertiary alicyclic amines) is 1. The molecule has 2 aromatic rings. The number of carbonyl (C=O) groups is 4. The minimum atomic E-state index is -1.43. The molecule has 1 aliphatic heterocycles. The fraction of sp³-hybridized carbons (Fsp3) is 0.657. The van der Waals surface area contributed by atoms with Crippen LogP contribution < -0.4 is 16.8 Å². The summed E-state index contributed by atoms with van der Waals surface area (Å²) in [7, 11) is 0. The smallest absolute Gasteiger partial charge is 0.332 e. The molecule has 13 nitrogen and oxygen atoms in total. The third-order valence-electron chi connectivity index (χ3n) is 8.15. The summed E-state index contributed by atoms with van der Waals surface area (Å²) in [4.78, 5) is 54.2. The lowest BCUT2D eigenvalue weighted by atomic mass is 10.0. The fourth-order valence-electron chi connectivity index (χ4n) is 5.97. The van der Waals surface area contributed by atoms with Crippen LogP contribution in [-0.2, 0) is 46.4 Å². The number of unbranched alkanes of at least 4 members (excludes halogenated alkanes) is 3. The standard InChI is InChI=1S/C35H54FN5O8/c1-21(2)48-34(46)30(22(3)42)39-32(44)31-28(47-20-29(43)49-35(4,5)6)13-16-41(31)33(45)26(38)17-23-19-40(15-10-8-7-9-14-37)27-12-11-24(36)18-25(23)27/h11-12,18-19,21-22,26,28,30-31,42H,7-10,13-17,20,37-38H2,1-6H3,(H,39,44)/t22-,26+,28+,30+,31+/m1/s1. The maximum Gasteiger partial charge on any atom is 0.332 e. The molecule has 1 fully saturated rings. The fourth-order valence-corrected chi connectivity index (χ4v) is 5.97. The number of hydrogen-bond donors (Lipinski definition) is 4. The minimum absolute atomic E-state index is 0.0598. The van der Waals surface area contributed by atoms with E-state index >= 15 is 0 Å². The molecule has 0 spiro atoms. The molecule has 2 amide bonds. The van der Waals surface area contributed by atoms with Crippen molar-refractivity contribution >= 4 is 34.7 Å². The van der Waals surface area contributed by atoms with Gasteiger partial charge >= 0.3 is 11.9 Å². The van der Waals surface area contributed by atoms with E-state index in [4.69, 9.17) is 25.7 Å². The van der Waals surface area contributed by atoms with E-state index in [1.165, 1.54) is 24.0 Å². The molecular formula is C35H54FN5O8. The average molecular weight is 692 g/mol. The highest BCUT2D eigenvalue weighted by Gasteiger charge is 2.45. The molecule has 1 saturated heterocycles. The van der Waals surface area contributed by atoms with Crippen LogP contribution in [0.3, 0.4) is 0 Å². The van der Waals surface area contributed by atoms with Crippen molar-refractivity contribution in [2.75, 3.05) is 19.7 Å². The summed E-state index contributed by atoms with van der Waals surface area (Å²) < 4.78 is 32.8. The SMILES string of the molecule is CC(C)OC(=O)[C@@H](NC(=O)[C@@H]1[C@@H](OCC(=O)OC(C)(C)C)CCN1C(=O)[C@@H](N)Cc1cn(CCCCCCN)c2ccc(F)cc12)[C@@H](C)O. The number of amides is 2. The van der Waals surface area contributed by atoms with E-state index in [1.54, 1.807) is 40.7 Å². The van der Waals surface area contributed by atoms with Gasteiger partial charge in [-0.05, 0) is 97.5 Å². The van der Waals surface area contributed by atoms with Crippen LogP contribution in [0.4, 0.5) is 4.39 Å². The van der Waals surface area contributed by atoms with Gasteiger partial charge in [-0.15, -0.1) is 0 Å². The van der Waals surface area contributed by atoms with E-state index in [1.807, 2.05) is 10.8 Å². The zero-order chi connectivity index (χ0) is 36.5. The summed E-state index contributed by atoms with van der Waals surface area (Å²) in [6, 6.07) is 0.684. The highest BCUT2D eigenvalue weighted by molar-refractivity contribution is 5.94. The highest BCUT2D eigenvalue weighted by Crippen LogP contribution is 2.27.